The van der Waals surface area contributed by atoms with E-state index in [2.05, 4.69) is 23.8 Å². The highest BCUT2D eigenvalue weighted by molar-refractivity contribution is 5.77. The Kier molecular flexibility index (Phi) is 9.77. The number of aliphatic imine (C=N–C) groups is 1. The van der Waals surface area contributed by atoms with Crippen molar-refractivity contribution in [2.75, 3.05) is 26.9 Å². The summed E-state index contributed by atoms with van der Waals surface area (Å²) in [6.07, 6.45) is 3.84. The number of allylic oxidation sites excluding steroid dienone is 2. The minimum atomic E-state index is 0.254. The van der Waals surface area contributed by atoms with Crippen LogP contribution in [0.5, 0.6) is 0 Å². The van der Waals surface area contributed by atoms with Gasteiger partial charge in [-0.2, -0.15) is 0 Å². The van der Waals surface area contributed by atoms with Crippen LogP contribution in [0.15, 0.2) is 28.8 Å². The van der Waals surface area contributed by atoms with Crippen LogP contribution in [0.1, 0.15) is 26.7 Å². The molecule has 0 saturated heterocycles. The zero-order valence-corrected chi connectivity index (χ0v) is 11.7. The summed E-state index contributed by atoms with van der Waals surface area (Å²) in [6, 6.07) is 0. The van der Waals surface area contributed by atoms with E-state index in [1.165, 1.54) is 0 Å². The Hall–Kier alpha value is -1.49. The van der Waals surface area contributed by atoms with Crippen molar-refractivity contribution in [3.63, 3.8) is 0 Å². The zero-order valence-electron chi connectivity index (χ0n) is 11.7. The van der Waals surface area contributed by atoms with E-state index in [1.807, 2.05) is 6.92 Å². The lowest BCUT2D eigenvalue weighted by atomic mass is 10.3. The Morgan fingerprint density at radius 3 is 2.72 bits per heavy atom. The van der Waals surface area contributed by atoms with Gasteiger partial charge in [-0.3, -0.25) is 0 Å². The fourth-order valence-electron chi connectivity index (χ4n) is 1.16. The molecule has 0 rings (SSSR count). The van der Waals surface area contributed by atoms with Crippen LogP contribution < -0.4 is 11.1 Å². The molecule has 0 aliphatic rings. The standard InChI is InChI=1S/C13H25N3O2/c1-5-6-7-15-11(2)13(10-16-12(3)14)18-9-8-17-4/h10,15H,3,5-9,14H2,1-2,4H3/b13-11-,16-10-. The van der Waals surface area contributed by atoms with Crippen molar-refractivity contribution in [3.05, 3.63) is 23.9 Å². The number of rotatable bonds is 10. The van der Waals surface area contributed by atoms with E-state index in [9.17, 15) is 0 Å². The maximum atomic E-state index is 5.57. The number of hydrogen-bond donors (Lipinski definition) is 2. The number of hydrogen-bond acceptors (Lipinski definition) is 5. The van der Waals surface area contributed by atoms with Gasteiger partial charge < -0.3 is 20.5 Å². The van der Waals surface area contributed by atoms with E-state index in [-0.39, 0.29) is 5.82 Å². The first kappa shape index (κ1) is 16.5. The van der Waals surface area contributed by atoms with Gasteiger partial charge in [0.2, 0.25) is 0 Å². The normalized spacial score (nSPS) is 12.4. The van der Waals surface area contributed by atoms with Gasteiger partial charge in [-0.25, -0.2) is 4.99 Å². The van der Waals surface area contributed by atoms with Crippen molar-refractivity contribution >= 4 is 6.21 Å². The number of ether oxygens (including phenoxy) is 2. The van der Waals surface area contributed by atoms with Crippen LogP contribution in [-0.2, 0) is 9.47 Å². The summed E-state index contributed by atoms with van der Waals surface area (Å²) in [5.41, 5.74) is 6.34. The molecule has 0 spiro atoms. The molecule has 0 heterocycles. The second kappa shape index (κ2) is 10.7. The third-order valence-electron chi connectivity index (χ3n) is 2.18. The van der Waals surface area contributed by atoms with Gasteiger partial charge in [0.05, 0.1) is 18.5 Å². The number of nitrogens with two attached hydrogens (primary N) is 1. The number of unbranched alkanes of at least 4 members (excludes halogenated alkanes) is 1. The average Bonchev–Trinajstić information content (AvgIpc) is 2.33. The molecular weight excluding hydrogens is 230 g/mol. The molecule has 0 aromatic rings. The monoisotopic (exact) mass is 255 g/mol. The molecule has 18 heavy (non-hydrogen) atoms. The number of methoxy groups -OCH3 is 1. The molecule has 0 atom stereocenters. The highest BCUT2D eigenvalue weighted by Gasteiger charge is 2.01. The molecule has 0 aliphatic heterocycles. The van der Waals surface area contributed by atoms with Gasteiger partial charge in [-0.15, -0.1) is 0 Å². The quantitative estimate of drug-likeness (QED) is 0.354. The zero-order chi connectivity index (χ0) is 13.8. The second-order valence-electron chi connectivity index (χ2n) is 3.86. The van der Waals surface area contributed by atoms with Crippen molar-refractivity contribution in [2.45, 2.75) is 26.7 Å². The Balaban J connectivity index is 4.49. The lowest BCUT2D eigenvalue weighted by Crippen LogP contribution is -2.17. The molecular formula is C13H25N3O2. The predicted molar refractivity (Wildman–Crippen MR) is 75.3 cm³/mol. The highest BCUT2D eigenvalue weighted by Crippen LogP contribution is 2.02. The third kappa shape index (κ3) is 8.64. The van der Waals surface area contributed by atoms with E-state index in [0.29, 0.717) is 19.0 Å². The maximum Gasteiger partial charge on any atom is 0.156 e. The molecule has 104 valence electrons. The maximum absolute atomic E-state index is 5.57. The highest BCUT2D eigenvalue weighted by atomic mass is 16.5. The van der Waals surface area contributed by atoms with Crippen LogP contribution in [-0.4, -0.2) is 33.1 Å². The van der Waals surface area contributed by atoms with E-state index in [4.69, 9.17) is 15.2 Å². The summed E-state index contributed by atoms with van der Waals surface area (Å²) in [4.78, 5) is 3.95. The van der Waals surface area contributed by atoms with Crippen LogP contribution in [0.2, 0.25) is 0 Å². The summed E-state index contributed by atoms with van der Waals surface area (Å²) in [7, 11) is 1.63. The van der Waals surface area contributed by atoms with Crippen LogP contribution >= 0.6 is 0 Å². The van der Waals surface area contributed by atoms with Crippen LogP contribution in [0.3, 0.4) is 0 Å². The average molecular weight is 255 g/mol. The molecule has 0 amide bonds. The van der Waals surface area contributed by atoms with Gasteiger partial charge in [0.1, 0.15) is 12.4 Å². The van der Waals surface area contributed by atoms with Crippen LogP contribution in [0, 0.1) is 0 Å². The van der Waals surface area contributed by atoms with Gasteiger partial charge >= 0.3 is 0 Å². The van der Waals surface area contributed by atoms with Crippen LogP contribution in [0.25, 0.3) is 0 Å². The molecule has 0 fully saturated rings. The summed E-state index contributed by atoms with van der Waals surface area (Å²) < 4.78 is 10.5. The number of nitrogens with zero attached hydrogens (tertiary/aromatic N) is 1. The lowest BCUT2D eigenvalue weighted by Gasteiger charge is -2.12. The largest absolute Gasteiger partial charge is 0.488 e. The Bertz CT molecular complexity index is 299. The minimum absolute atomic E-state index is 0.254. The van der Waals surface area contributed by atoms with Crippen molar-refractivity contribution in [1.29, 1.82) is 0 Å². The van der Waals surface area contributed by atoms with Gasteiger partial charge in [0.15, 0.2) is 5.76 Å². The van der Waals surface area contributed by atoms with Gasteiger partial charge in [-0.1, -0.05) is 19.9 Å². The van der Waals surface area contributed by atoms with Crippen molar-refractivity contribution in [1.82, 2.24) is 5.32 Å². The van der Waals surface area contributed by atoms with E-state index in [0.717, 1.165) is 25.1 Å². The fraction of sp³-hybridized carbons (Fsp3) is 0.615. The summed E-state index contributed by atoms with van der Waals surface area (Å²) in [6.45, 7) is 9.53. The fourth-order valence-corrected chi connectivity index (χ4v) is 1.16. The molecule has 0 aliphatic carbocycles. The first-order valence-electron chi connectivity index (χ1n) is 6.16. The Morgan fingerprint density at radius 2 is 2.17 bits per heavy atom. The Morgan fingerprint density at radius 1 is 1.44 bits per heavy atom. The van der Waals surface area contributed by atoms with Crippen LogP contribution in [0.4, 0.5) is 0 Å². The summed E-state index contributed by atoms with van der Waals surface area (Å²) in [5, 5.41) is 3.29. The summed E-state index contributed by atoms with van der Waals surface area (Å²) in [5.74, 6) is 0.916. The van der Waals surface area contributed by atoms with Gasteiger partial charge in [0.25, 0.3) is 0 Å². The molecule has 0 bridgehead atoms. The summed E-state index contributed by atoms with van der Waals surface area (Å²) >= 11 is 0. The minimum Gasteiger partial charge on any atom is -0.488 e. The van der Waals surface area contributed by atoms with E-state index in [1.54, 1.807) is 13.3 Å². The lowest BCUT2D eigenvalue weighted by molar-refractivity contribution is 0.116. The number of nitrogens with one attached hydrogen (secondary N) is 1. The van der Waals surface area contributed by atoms with Crippen molar-refractivity contribution < 1.29 is 9.47 Å². The Labute approximate surface area is 110 Å². The SMILES string of the molecule is C=C(N)/N=C\C(OCCOC)=C(/C)NCCCC. The molecule has 3 N–H and O–H groups in total. The van der Waals surface area contributed by atoms with Gasteiger partial charge in [0, 0.05) is 13.7 Å². The molecule has 5 heteroatoms. The third-order valence-corrected chi connectivity index (χ3v) is 2.18. The molecule has 0 aromatic heterocycles. The molecule has 0 radical (unpaired) electrons. The second-order valence-corrected chi connectivity index (χ2v) is 3.86. The van der Waals surface area contributed by atoms with Crippen molar-refractivity contribution in [3.8, 4) is 0 Å². The molecule has 0 unspecified atom stereocenters. The first-order valence-corrected chi connectivity index (χ1v) is 6.16. The topological polar surface area (TPSA) is 68.9 Å². The first-order chi connectivity index (χ1) is 8.61. The smallest absolute Gasteiger partial charge is 0.156 e. The molecule has 0 saturated carbocycles. The predicted octanol–water partition coefficient (Wildman–Crippen LogP) is 1.77. The van der Waals surface area contributed by atoms with Gasteiger partial charge in [-0.05, 0) is 13.3 Å². The molecule has 0 aromatic carbocycles. The van der Waals surface area contributed by atoms with E-state index >= 15 is 0 Å². The van der Waals surface area contributed by atoms with E-state index < -0.39 is 0 Å². The van der Waals surface area contributed by atoms with Crippen molar-refractivity contribution in [2.24, 2.45) is 10.7 Å². The molecule has 5 nitrogen and oxygen atoms in total.